The van der Waals surface area contributed by atoms with E-state index in [0.29, 0.717) is 4.99 Å². The zero-order chi connectivity index (χ0) is 14.8. The van der Waals surface area contributed by atoms with Crippen molar-refractivity contribution < 1.29 is 4.74 Å². The van der Waals surface area contributed by atoms with E-state index in [1.54, 1.807) is 0 Å². The van der Waals surface area contributed by atoms with Crippen LogP contribution in [-0.2, 0) is 6.42 Å². The molecule has 1 aliphatic rings. The van der Waals surface area contributed by atoms with E-state index in [1.165, 1.54) is 5.56 Å². The Bertz CT molecular complexity index is 665. The smallest absolute Gasteiger partial charge is 0.123 e. The third kappa shape index (κ3) is 3.19. The molecule has 0 radical (unpaired) electrons. The predicted molar refractivity (Wildman–Crippen MR) is 93.1 cm³/mol. The molecule has 3 rings (SSSR count). The number of halogens is 1. The van der Waals surface area contributed by atoms with Crippen molar-refractivity contribution >= 4 is 38.8 Å². The average Bonchev–Trinajstić information content (AvgIpc) is 2.88. The molecule has 108 valence electrons. The van der Waals surface area contributed by atoms with Gasteiger partial charge in [0.2, 0.25) is 0 Å². The summed E-state index contributed by atoms with van der Waals surface area (Å²) in [4.78, 5) is 0.400. The minimum absolute atomic E-state index is 0.157. The second-order valence-electron chi connectivity index (χ2n) is 4.99. The van der Waals surface area contributed by atoms with Gasteiger partial charge in [0.15, 0.2) is 0 Å². The average molecular weight is 363 g/mol. The Morgan fingerprint density at radius 3 is 2.86 bits per heavy atom. The van der Waals surface area contributed by atoms with Gasteiger partial charge in [-0.3, -0.25) is 0 Å². The second kappa shape index (κ2) is 6.03. The number of ether oxygens (including phenoxy) is 1. The number of thiocarbonyl (C=S) groups is 1. The van der Waals surface area contributed by atoms with E-state index in [4.69, 9.17) is 22.7 Å². The van der Waals surface area contributed by atoms with E-state index in [0.717, 1.165) is 34.4 Å². The molecule has 0 aromatic heterocycles. The molecule has 0 amide bonds. The summed E-state index contributed by atoms with van der Waals surface area (Å²) >= 11 is 8.51. The van der Waals surface area contributed by atoms with Crippen molar-refractivity contribution in [2.45, 2.75) is 12.5 Å². The summed E-state index contributed by atoms with van der Waals surface area (Å²) in [7, 11) is 0. The van der Waals surface area contributed by atoms with E-state index in [9.17, 15) is 0 Å². The Labute approximate surface area is 137 Å². The zero-order valence-corrected chi connectivity index (χ0v) is 13.7. The summed E-state index contributed by atoms with van der Waals surface area (Å²) in [5, 5.41) is 3.40. The van der Waals surface area contributed by atoms with Crippen LogP contribution >= 0.6 is 28.1 Å². The van der Waals surface area contributed by atoms with Gasteiger partial charge in [-0.15, -0.1) is 0 Å². The number of hydrogen-bond acceptors (Lipinski definition) is 3. The lowest BCUT2D eigenvalue weighted by molar-refractivity contribution is 0.246. The molecule has 0 spiro atoms. The van der Waals surface area contributed by atoms with E-state index in [2.05, 4.69) is 27.3 Å². The maximum Gasteiger partial charge on any atom is 0.123 e. The normalized spacial score (nSPS) is 16.1. The van der Waals surface area contributed by atoms with Crippen molar-refractivity contribution in [1.82, 2.24) is 0 Å². The SMILES string of the molecule is NC(=S)c1ccc(NCC2Cc3ccccc3O2)c(Br)c1. The van der Waals surface area contributed by atoms with E-state index < -0.39 is 0 Å². The van der Waals surface area contributed by atoms with Crippen molar-refractivity contribution in [2.24, 2.45) is 5.73 Å². The largest absolute Gasteiger partial charge is 0.488 e. The summed E-state index contributed by atoms with van der Waals surface area (Å²) in [6, 6.07) is 14.0. The topological polar surface area (TPSA) is 47.3 Å². The van der Waals surface area contributed by atoms with Crippen LogP contribution in [0.1, 0.15) is 11.1 Å². The highest BCUT2D eigenvalue weighted by molar-refractivity contribution is 9.10. The van der Waals surface area contributed by atoms with Crippen molar-refractivity contribution in [3.05, 3.63) is 58.1 Å². The highest BCUT2D eigenvalue weighted by Gasteiger charge is 2.22. The van der Waals surface area contributed by atoms with Gasteiger partial charge in [0, 0.05) is 22.1 Å². The summed E-state index contributed by atoms with van der Waals surface area (Å²) in [6.45, 7) is 0.750. The van der Waals surface area contributed by atoms with Gasteiger partial charge < -0.3 is 15.8 Å². The Hall–Kier alpha value is -1.59. The fourth-order valence-electron chi connectivity index (χ4n) is 2.40. The monoisotopic (exact) mass is 362 g/mol. The van der Waals surface area contributed by atoms with E-state index >= 15 is 0 Å². The summed E-state index contributed by atoms with van der Waals surface area (Å²) in [5.41, 5.74) is 8.76. The number of nitrogens with two attached hydrogens (primary N) is 1. The number of hydrogen-bond donors (Lipinski definition) is 2. The molecule has 1 heterocycles. The van der Waals surface area contributed by atoms with Crippen LogP contribution in [-0.4, -0.2) is 17.6 Å². The van der Waals surface area contributed by atoms with Crippen LogP contribution in [0.5, 0.6) is 5.75 Å². The van der Waals surface area contributed by atoms with Crippen LogP contribution in [0.3, 0.4) is 0 Å². The Morgan fingerprint density at radius 2 is 2.14 bits per heavy atom. The molecule has 2 aromatic rings. The fraction of sp³-hybridized carbons (Fsp3) is 0.188. The molecule has 3 N–H and O–H groups in total. The van der Waals surface area contributed by atoms with Crippen molar-refractivity contribution in [3.63, 3.8) is 0 Å². The first-order valence-corrected chi connectivity index (χ1v) is 7.91. The molecule has 2 aromatic carbocycles. The van der Waals surface area contributed by atoms with Gasteiger partial charge >= 0.3 is 0 Å². The number of anilines is 1. The summed E-state index contributed by atoms with van der Waals surface area (Å²) in [5.74, 6) is 0.993. The minimum atomic E-state index is 0.157. The molecular formula is C16H15BrN2OS. The third-order valence-corrected chi connectivity index (χ3v) is 4.38. The molecule has 1 atom stereocenters. The second-order valence-corrected chi connectivity index (χ2v) is 6.29. The maximum atomic E-state index is 5.91. The lowest BCUT2D eigenvalue weighted by Crippen LogP contribution is -2.24. The van der Waals surface area contributed by atoms with Gasteiger partial charge in [0.25, 0.3) is 0 Å². The first-order valence-electron chi connectivity index (χ1n) is 6.71. The van der Waals surface area contributed by atoms with Crippen LogP contribution in [0, 0.1) is 0 Å². The molecule has 0 saturated heterocycles. The number of benzene rings is 2. The lowest BCUT2D eigenvalue weighted by Gasteiger charge is -2.14. The van der Waals surface area contributed by atoms with E-state index in [1.807, 2.05) is 36.4 Å². The van der Waals surface area contributed by atoms with E-state index in [-0.39, 0.29) is 6.10 Å². The van der Waals surface area contributed by atoms with Crippen LogP contribution in [0.25, 0.3) is 0 Å². The standard InChI is InChI=1S/C16H15BrN2OS/c17-13-8-11(16(18)21)5-6-14(13)19-9-12-7-10-3-1-2-4-15(10)20-12/h1-6,8,12,19H,7,9H2,(H2,18,21). The first kappa shape index (κ1) is 14.4. The molecule has 0 bridgehead atoms. The summed E-state index contributed by atoms with van der Waals surface area (Å²) < 4.78 is 6.86. The van der Waals surface area contributed by atoms with Crippen LogP contribution < -0.4 is 15.8 Å². The molecule has 0 saturated carbocycles. The highest BCUT2D eigenvalue weighted by Crippen LogP contribution is 2.29. The Morgan fingerprint density at radius 1 is 1.33 bits per heavy atom. The molecule has 0 fully saturated rings. The lowest BCUT2D eigenvalue weighted by atomic mass is 10.1. The van der Waals surface area contributed by atoms with Gasteiger partial charge in [0.1, 0.15) is 16.8 Å². The molecule has 0 aliphatic carbocycles. The van der Waals surface area contributed by atoms with Crippen molar-refractivity contribution in [3.8, 4) is 5.75 Å². The predicted octanol–water partition coefficient (Wildman–Crippen LogP) is 3.50. The zero-order valence-electron chi connectivity index (χ0n) is 11.3. The molecule has 1 aliphatic heterocycles. The fourth-order valence-corrected chi connectivity index (χ4v) is 3.05. The minimum Gasteiger partial charge on any atom is -0.488 e. The molecule has 1 unspecified atom stereocenters. The summed E-state index contributed by atoms with van der Waals surface area (Å²) in [6.07, 6.45) is 1.09. The van der Waals surface area contributed by atoms with Crippen LogP contribution in [0.2, 0.25) is 0 Å². The van der Waals surface area contributed by atoms with Gasteiger partial charge in [-0.25, -0.2) is 0 Å². The molecule has 5 heteroatoms. The Balaban J connectivity index is 1.63. The van der Waals surface area contributed by atoms with Gasteiger partial charge in [-0.2, -0.15) is 0 Å². The first-order chi connectivity index (χ1) is 10.1. The maximum absolute atomic E-state index is 5.91. The number of fused-ring (bicyclic) bond motifs is 1. The third-order valence-electron chi connectivity index (χ3n) is 3.49. The number of para-hydroxylation sites is 1. The molecule has 3 nitrogen and oxygen atoms in total. The van der Waals surface area contributed by atoms with Gasteiger partial charge in [0.05, 0.1) is 6.54 Å². The van der Waals surface area contributed by atoms with Gasteiger partial charge in [-0.05, 0) is 45.8 Å². The molecule has 21 heavy (non-hydrogen) atoms. The molecular weight excluding hydrogens is 348 g/mol. The van der Waals surface area contributed by atoms with Crippen molar-refractivity contribution in [1.29, 1.82) is 0 Å². The number of rotatable bonds is 4. The van der Waals surface area contributed by atoms with Crippen molar-refractivity contribution in [2.75, 3.05) is 11.9 Å². The number of nitrogens with one attached hydrogen (secondary N) is 1. The highest BCUT2D eigenvalue weighted by atomic mass is 79.9. The van der Waals surface area contributed by atoms with Crippen LogP contribution in [0.15, 0.2) is 46.9 Å². The van der Waals surface area contributed by atoms with Crippen LogP contribution in [0.4, 0.5) is 5.69 Å². The Kier molecular flexibility index (Phi) is 4.12. The quantitative estimate of drug-likeness (QED) is 0.817. The van der Waals surface area contributed by atoms with Gasteiger partial charge in [-0.1, -0.05) is 30.4 Å².